The molecule has 3 rings (SSSR count). The van der Waals surface area contributed by atoms with Crippen LogP contribution in [0.5, 0.6) is 0 Å². The fourth-order valence-corrected chi connectivity index (χ4v) is 4.07. The third kappa shape index (κ3) is 4.07. The molecule has 0 fully saturated rings. The van der Waals surface area contributed by atoms with E-state index in [0.29, 0.717) is 23.0 Å². The summed E-state index contributed by atoms with van der Waals surface area (Å²) in [6, 6.07) is 7.45. The normalized spacial score (nSPS) is 11.9. The van der Waals surface area contributed by atoms with Gasteiger partial charge in [-0.25, -0.2) is 0 Å². The Morgan fingerprint density at radius 3 is 2.64 bits per heavy atom. The Bertz CT molecular complexity index is 868. The van der Waals surface area contributed by atoms with Crippen LogP contribution >= 0.6 is 23.1 Å². The Hall–Kier alpha value is -1.80. The molecule has 0 aliphatic carbocycles. The first-order valence-corrected chi connectivity index (χ1v) is 9.52. The van der Waals surface area contributed by atoms with Crippen LogP contribution in [-0.4, -0.2) is 14.8 Å². The van der Waals surface area contributed by atoms with E-state index in [1.54, 1.807) is 17.4 Å². The van der Waals surface area contributed by atoms with Gasteiger partial charge < -0.3 is 4.57 Å². The second-order valence-corrected chi connectivity index (χ2v) is 7.54. The first-order chi connectivity index (χ1) is 11.9. The van der Waals surface area contributed by atoms with Gasteiger partial charge >= 0.3 is 6.18 Å². The second kappa shape index (κ2) is 7.21. The van der Waals surface area contributed by atoms with Crippen LogP contribution in [0.15, 0.2) is 40.9 Å². The van der Waals surface area contributed by atoms with Gasteiger partial charge in [-0.05, 0) is 31.5 Å². The van der Waals surface area contributed by atoms with Crippen LogP contribution < -0.4 is 0 Å². The predicted octanol–water partition coefficient (Wildman–Crippen LogP) is 5.65. The van der Waals surface area contributed by atoms with Gasteiger partial charge in [-0.1, -0.05) is 30.0 Å². The molecule has 0 atom stereocenters. The number of thiophene rings is 1. The van der Waals surface area contributed by atoms with Crippen molar-refractivity contribution in [3.8, 4) is 11.4 Å². The number of aryl methyl sites for hydroxylation is 1. The Morgan fingerprint density at radius 2 is 2.00 bits per heavy atom. The summed E-state index contributed by atoms with van der Waals surface area (Å²) in [7, 11) is 0. The van der Waals surface area contributed by atoms with Crippen molar-refractivity contribution in [2.24, 2.45) is 0 Å². The molecule has 0 amide bonds. The van der Waals surface area contributed by atoms with Crippen LogP contribution in [0.3, 0.4) is 0 Å². The largest absolute Gasteiger partial charge is 0.416 e. The Morgan fingerprint density at radius 1 is 1.20 bits per heavy atom. The van der Waals surface area contributed by atoms with E-state index in [2.05, 4.69) is 16.3 Å². The molecule has 0 aliphatic heterocycles. The monoisotopic (exact) mass is 383 g/mol. The van der Waals surface area contributed by atoms with Crippen LogP contribution in [0, 0.1) is 6.92 Å². The molecule has 0 N–H and O–H groups in total. The van der Waals surface area contributed by atoms with Crippen molar-refractivity contribution in [2.45, 2.75) is 37.5 Å². The summed E-state index contributed by atoms with van der Waals surface area (Å²) in [5.74, 6) is 1.20. The predicted molar refractivity (Wildman–Crippen MR) is 94.8 cm³/mol. The summed E-state index contributed by atoms with van der Waals surface area (Å²) in [6.45, 7) is 4.73. The molecule has 8 heteroatoms. The molecule has 2 heterocycles. The lowest BCUT2D eigenvalue weighted by molar-refractivity contribution is -0.137. The highest BCUT2D eigenvalue weighted by Crippen LogP contribution is 2.32. The molecule has 0 spiro atoms. The van der Waals surface area contributed by atoms with Crippen molar-refractivity contribution in [2.75, 3.05) is 0 Å². The Kier molecular flexibility index (Phi) is 5.19. The third-order valence-electron chi connectivity index (χ3n) is 3.64. The minimum Gasteiger partial charge on any atom is -0.302 e. The average molecular weight is 383 g/mol. The number of nitrogens with zero attached hydrogens (tertiary/aromatic N) is 3. The van der Waals surface area contributed by atoms with Crippen LogP contribution in [0.2, 0.25) is 0 Å². The maximum Gasteiger partial charge on any atom is 0.416 e. The van der Waals surface area contributed by atoms with E-state index < -0.39 is 11.7 Å². The molecule has 0 radical (unpaired) electrons. The lowest BCUT2D eigenvalue weighted by atomic mass is 10.1. The number of benzene rings is 1. The molecule has 0 unspecified atom stereocenters. The third-order valence-corrected chi connectivity index (χ3v) is 5.54. The van der Waals surface area contributed by atoms with E-state index >= 15 is 0 Å². The number of halogens is 3. The summed E-state index contributed by atoms with van der Waals surface area (Å²) in [4.78, 5) is 1.19. The lowest BCUT2D eigenvalue weighted by Gasteiger charge is -2.09. The summed E-state index contributed by atoms with van der Waals surface area (Å²) < 4.78 is 40.4. The average Bonchev–Trinajstić information content (AvgIpc) is 3.17. The van der Waals surface area contributed by atoms with Gasteiger partial charge in [0.1, 0.15) is 0 Å². The highest BCUT2D eigenvalue weighted by atomic mass is 32.2. The quantitative estimate of drug-likeness (QED) is 0.534. The Labute approximate surface area is 151 Å². The van der Waals surface area contributed by atoms with E-state index in [-0.39, 0.29) is 0 Å². The summed E-state index contributed by atoms with van der Waals surface area (Å²) in [5, 5.41) is 11.2. The highest BCUT2D eigenvalue weighted by molar-refractivity contribution is 7.98. The summed E-state index contributed by atoms with van der Waals surface area (Å²) in [6.07, 6.45) is -4.33. The number of hydrogen-bond acceptors (Lipinski definition) is 4. The van der Waals surface area contributed by atoms with Crippen molar-refractivity contribution in [3.63, 3.8) is 0 Å². The maximum atomic E-state index is 12.8. The molecule has 3 aromatic rings. The molecule has 0 bridgehead atoms. The molecule has 132 valence electrons. The van der Waals surface area contributed by atoms with Crippen LogP contribution in [0.1, 0.15) is 22.9 Å². The van der Waals surface area contributed by atoms with Crippen LogP contribution in [-0.2, 0) is 18.5 Å². The van der Waals surface area contributed by atoms with Gasteiger partial charge in [0.15, 0.2) is 11.0 Å². The van der Waals surface area contributed by atoms with E-state index in [0.717, 1.165) is 17.5 Å². The number of thioether (sulfide) groups is 1. The van der Waals surface area contributed by atoms with Crippen LogP contribution in [0.4, 0.5) is 13.2 Å². The van der Waals surface area contributed by atoms with E-state index in [9.17, 15) is 13.2 Å². The SMILES string of the molecule is CCn1c(SCc2cccc(C(F)(F)F)c2)nnc1-c1csc(C)c1. The molecule has 25 heavy (non-hydrogen) atoms. The van der Waals surface area contributed by atoms with Gasteiger partial charge in [-0.15, -0.1) is 21.5 Å². The Balaban J connectivity index is 1.79. The van der Waals surface area contributed by atoms with E-state index in [1.807, 2.05) is 23.8 Å². The lowest BCUT2D eigenvalue weighted by Crippen LogP contribution is -2.05. The topological polar surface area (TPSA) is 30.7 Å². The minimum atomic E-state index is -4.33. The molecule has 2 aromatic heterocycles. The zero-order valence-corrected chi connectivity index (χ0v) is 15.3. The smallest absolute Gasteiger partial charge is 0.302 e. The highest BCUT2D eigenvalue weighted by Gasteiger charge is 2.30. The molecule has 0 saturated heterocycles. The van der Waals surface area contributed by atoms with Crippen molar-refractivity contribution >= 4 is 23.1 Å². The van der Waals surface area contributed by atoms with Crippen molar-refractivity contribution < 1.29 is 13.2 Å². The number of rotatable bonds is 5. The first-order valence-electron chi connectivity index (χ1n) is 7.66. The van der Waals surface area contributed by atoms with Gasteiger partial charge in [0.2, 0.25) is 0 Å². The molecular weight excluding hydrogens is 367 g/mol. The minimum absolute atomic E-state index is 0.407. The number of hydrogen-bond donors (Lipinski definition) is 0. The summed E-state index contributed by atoms with van der Waals surface area (Å²) >= 11 is 3.04. The van der Waals surface area contributed by atoms with Gasteiger partial charge in [0, 0.05) is 28.1 Å². The van der Waals surface area contributed by atoms with Crippen molar-refractivity contribution in [1.82, 2.24) is 14.8 Å². The molecule has 0 aliphatic rings. The van der Waals surface area contributed by atoms with Crippen molar-refractivity contribution in [3.05, 3.63) is 51.7 Å². The zero-order chi connectivity index (χ0) is 18.0. The standard InChI is InChI=1S/C17H16F3N3S2/c1-3-23-15(13-7-11(2)24-10-13)21-22-16(23)25-9-12-5-4-6-14(8-12)17(18,19)20/h4-8,10H,3,9H2,1-2H3. The fourth-order valence-electron chi connectivity index (χ4n) is 2.44. The first kappa shape index (κ1) is 18.0. The molecule has 0 saturated carbocycles. The van der Waals surface area contributed by atoms with Gasteiger partial charge in [0.25, 0.3) is 0 Å². The van der Waals surface area contributed by atoms with Gasteiger partial charge in [0.05, 0.1) is 5.56 Å². The van der Waals surface area contributed by atoms with E-state index in [1.165, 1.54) is 28.8 Å². The zero-order valence-electron chi connectivity index (χ0n) is 13.7. The maximum absolute atomic E-state index is 12.8. The van der Waals surface area contributed by atoms with E-state index in [4.69, 9.17) is 0 Å². The fraction of sp³-hybridized carbons (Fsp3) is 0.294. The second-order valence-electron chi connectivity index (χ2n) is 5.48. The molecule has 1 aromatic carbocycles. The summed E-state index contributed by atoms with van der Waals surface area (Å²) in [5.41, 5.74) is 0.998. The van der Waals surface area contributed by atoms with Gasteiger partial charge in [-0.3, -0.25) is 0 Å². The molecular formula is C17H16F3N3S2. The van der Waals surface area contributed by atoms with Crippen molar-refractivity contribution in [1.29, 1.82) is 0 Å². The van der Waals surface area contributed by atoms with Crippen LogP contribution in [0.25, 0.3) is 11.4 Å². The number of alkyl halides is 3. The number of aromatic nitrogens is 3. The van der Waals surface area contributed by atoms with Gasteiger partial charge in [-0.2, -0.15) is 13.2 Å². The molecule has 3 nitrogen and oxygen atoms in total.